The van der Waals surface area contributed by atoms with Gasteiger partial charge in [-0.3, -0.25) is 9.59 Å². The van der Waals surface area contributed by atoms with Crippen LogP contribution in [-0.2, 0) is 19.1 Å². The molecule has 0 N–H and O–H groups in total. The smallest absolute Gasteiger partial charge is 0.338 e. The topological polar surface area (TPSA) is 72.9 Å². The molecule has 0 spiro atoms. The Hall–Kier alpha value is -2.02. The summed E-state index contributed by atoms with van der Waals surface area (Å²) in [6.07, 6.45) is 1.33. The van der Waals surface area contributed by atoms with Crippen molar-refractivity contribution in [3.05, 3.63) is 35.9 Å². The summed E-state index contributed by atoms with van der Waals surface area (Å²) in [6.45, 7) is 0. The number of piperidine rings is 1. The number of ether oxygens (including phenoxy) is 2. The van der Waals surface area contributed by atoms with E-state index in [1.165, 1.54) is 7.11 Å². The van der Waals surface area contributed by atoms with Crippen LogP contribution in [0.1, 0.15) is 29.6 Å². The third-order valence-corrected chi connectivity index (χ3v) is 5.30. The van der Waals surface area contributed by atoms with E-state index < -0.39 is 24.0 Å². The first-order valence-electron chi connectivity index (χ1n) is 8.32. The number of amides is 1. The second-order valence-electron chi connectivity index (χ2n) is 6.35. The first-order valence-corrected chi connectivity index (χ1v) is 8.96. The molecular formula is C18H21NO5S. The van der Waals surface area contributed by atoms with Crippen LogP contribution in [0.15, 0.2) is 30.3 Å². The van der Waals surface area contributed by atoms with Crippen LogP contribution in [0.25, 0.3) is 0 Å². The van der Waals surface area contributed by atoms with E-state index in [9.17, 15) is 14.4 Å². The highest BCUT2D eigenvalue weighted by Crippen LogP contribution is 2.41. The summed E-state index contributed by atoms with van der Waals surface area (Å²) in [4.78, 5) is 38.7. The Labute approximate surface area is 151 Å². The molecule has 25 heavy (non-hydrogen) atoms. The van der Waals surface area contributed by atoms with Gasteiger partial charge in [-0.2, -0.15) is 12.6 Å². The number of methoxy groups -OCH3 is 1. The van der Waals surface area contributed by atoms with Gasteiger partial charge in [0.2, 0.25) is 5.91 Å². The van der Waals surface area contributed by atoms with Gasteiger partial charge in [0.25, 0.3) is 0 Å². The highest BCUT2D eigenvalue weighted by Gasteiger charge is 2.53. The zero-order valence-electron chi connectivity index (χ0n) is 14.0. The number of rotatable bonds is 4. The molecule has 2 fully saturated rings. The zero-order valence-corrected chi connectivity index (χ0v) is 14.9. The highest BCUT2D eigenvalue weighted by atomic mass is 32.1. The highest BCUT2D eigenvalue weighted by molar-refractivity contribution is 7.81. The Morgan fingerprint density at radius 2 is 1.92 bits per heavy atom. The molecule has 2 aliphatic heterocycles. The van der Waals surface area contributed by atoms with Crippen molar-refractivity contribution in [3.8, 4) is 0 Å². The minimum Gasteiger partial charge on any atom is -0.469 e. The molecule has 3 rings (SSSR count). The van der Waals surface area contributed by atoms with Crippen LogP contribution in [0.5, 0.6) is 0 Å². The monoisotopic (exact) mass is 363 g/mol. The predicted molar refractivity (Wildman–Crippen MR) is 93.3 cm³/mol. The van der Waals surface area contributed by atoms with Crippen molar-refractivity contribution in [2.24, 2.45) is 5.92 Å². The van der Waals surface area contributed by atoms with E-state index in [1.807, 2.05) is 6.07 Å². The second kappa shape index (κ2) is 7.47. The Morgan fingerprint density at radius 1 is 1.20 bits per heavy atom. The molecule has 2 bridgehead atoms. The van der Waals surface area contributed by atoms with Crippen LogP contribution in [0.3, 0.4) is 0 Å². The quantitative estimate of drug-likeness (QED) is 0.651. The maximum atomic E-state index is 12.4. The van der Waals surface area contributed by atoms with Crippen molar-refractivity contribution in [2.45, 2.75) is 37.5 Å². The molecule has 2 aliphatic rings. The van der Waals surface area contributed by atoms with Crippen molar-refractivity contribution in [2.75, 3.05) is 12.9 Å². The largest absolute Gasteiger partial charge is 0.469 e. The number of carbonyl (C=O) groups excluding carboxylic acids is 3. The molecule has 2 heterocycles. The molecule has 1 aromatic carbocycles. The normalized spacial score (nSPS) is 27.7. The average Bonchev–Trinajstić information content (AvgIpc) is 2.95. The summed E-state index contributed by atoms with van der Waals surface area (Å²) in [7, 11) is 1.31. The fourth-order valence-corrected chi connectivity index (χ4v) is 4.14. The van der Waals surface area contributed by atoms with Gasteiger partial charge in [0.1, 0.15) is 12.0 Å². The van der Waals surface area contributed by atoms with Gasteiger partial charge in [0, 0.05) is 18.5 Å². The van der Waals surface area contributed by atoms with Crippen molar-refractivity contribution in [1.82, 2.24) is 4.90 Å². The molecule has 1 aromatic rings. The van der Waals surface area contributed by atoms with Crippen LogP contribution in [-0.4, -0.2) is 53.8 Å². The standard InChI is InChI=1S/C18H21NO5S/c1-23-18(22)16-13-8-7-12(19(13)15(20)10-25)9-14(16)24-17(21)11-5-3-2-4-6-11/h2-6,12-14,16,25H,7-10H2,1H3/t12-,13+,14-,16+/m0/s1. The summed E-state index contributed by atoms with van der Waals surface area (Å²) in [6, 6.07) is 8.33. The van der Waals surface area contributed by atoms with Gasteiger partial charge < -0.3 is 14.4 Å². The maximum Gasteiger partial charge on any atom is 0.338 e. The molecule has 1 amide bonds. The molecule has 2 saturated heterocycles. The number of benzene rings is 1. The van der Waals surface area contributed by atoms with Crippen LogP contribution in [0.2, 0.25) is 0 Å². The Morgan fingerprint density at radius 3 is 2.56 bits per heavy atom. The number of nitrogens with zero attached hydrogens (tertiary/aromatic N) is 1. The van der Waals surface area contributed by atoms with Crippen LogP contribution < -0.4 is 0 Å². The van der Waals surface area contributed by atoms with E-state index in [0.29, 0.717) is 18.4 Å². The third kappa shape index (κ3) is 3.38. The van der Waals surface area contributed by atoms with Crippen LogP contribution >= 0.6 is 12.6 Å². The first kappa shape index (κ1) is 17.8. The third-order valence-electron chi connectivity index (χ3n) is 5.03. The maximum absolute atomic E-state index is 12.4. The second-order valence-corrected chi connectivity index (χ2v) is 6.67. The van der Waals surface area contributed by atoms with E-state index >= 15 is 0 Å². The van der Waals surface area contributed by atoms with Crippen molar-refractivity contribution in [3.63, 3.8) is 0 Å². The number of carbonyl (C=O) groups is 3. The molecule has 0 radical (unpaired) electrons. The van der Waals surface area contributed by atoms with Gasteiger partial charge in [0.05, 0.1) is 18.4 Å². The van der Waals surface area contributed by atoms with Crippen molar-refractivity contribution >= 4 is 30.5 Å². The lowest BCUT2D eigenvalue weighted by atomic mass is 9.87. The Bertz CT molecular complexity index is 665. The number of thiol groups is 1. The van der Waals surface area contributed by atoms with Gasteiger partial charge in [-0.15, -0.1) is 0 Å². The van der Waals surface area contributed by atoms with Gasteiger partial charge in [-0.25, -0.2) is 4.79 Å². The molecule has 134 valence electrons. The van der Waals surface area contributed by atoms with E-state index in [-0.39, 0.29) is 23.7 Å². The van der Waals surface area contributed by atoms with Crippen LogP contribution in [0, 0.1) is 5.92 Å². The predicted octanol–water partition coefficient (Wildman–Crippen LogP) is 1.69. The van der Waals surface area contributed by atoms with E-state index in [4.69, 9.17) is 9.47 Å². The lowest BCUT2D eigenvalue weighted by Gasteiger charge is -2.42. The number of hydrogen-bond donors (Lipinski definition) is 1. The fourth-order valence-electron chi connectivity index (χ4n) is 3.98. The molecular weight excluding hydrogens is 342 g/mol. The van der Waals surface area contributed by atoms with Crippen LogP contribution in [0.4, 0.5) is 0 Å². The SMILES string of the molecule is COC(=O)[C@H]1[C@@H](OC(=O)c2ccccc2)C[C@@H]2CC[C@H]1N2C(=O)CS. The number of fused-ring (bicyclic) bond motifs is 2. The summed E-state index contributed by atoms with van der Waals surface area (Å²) >= 11 is 4.07. The van der Waals surface area contributed by atoms with E-state index in [0.717, 1.165) is 6.42 Å². The summed E-state index contributed by atoms with van der Waals surface area (Å²) in [5, 5.41) is 0. The molecule has 7 heteroatoms. The molecule has 0 aliphatic carbocycles. The average molecular weight is 363 g/mol. The van der Waals surface area contributed by atoms with Crippen molar-refractivity contribution < 1.29 is 23.9 Å². The Balaban J connectivity index is 1.83. The molecule has 0 aromatic heterocycles. The Kier molecular flexibility index (Phi) is 5.32. The molecule has 6 nitrogen and oxygen atoms in total. The summed E-state index contributed by atoms with van der Waals surface area (Å²) in [5.74, 6) is -1.59. The van der Waals surface area contributed by atoms with E-state index in [2.05, 4.69) is 12.6 Å². The summed E-state index contributed by atoms with van der Waals surface area (Å²) in [5.41, 5.74) is 0.437. The lowest BCUT2D eigenvalue weighted by Crippen LogP contribution is -2.57. The first-order chi connectivity index (χ1) is 12.1. The minimum atomic E-state index is -0.666. The number of hydrogen-bond acceptors (Lipinski definition) is 6. The fraction of sp³-hybridized carbons (Fsp3) is 0.500. The van der Waals surface area contributed by atoms with Gasteiger partial charge in [-0.1, -0.05) is 18.2 Å². The summed E-state index contributed by atoms with van der Waals surface area (Å²) < 4.78 is 10.6. The van der Waals surface area contributed by atoms with Gasteiger partial charge >= 0.3 is 11.9 Å². The molecule has 4 atom stereocenters. The lowest BCUT2D eigenvalue weighted by molar-refractivity contribution is -0.159. The van der Waals surface area contributed by atoms with Gasteiger partial charge in [-0.05, 0) is 25.0 Å². The number of esters is 2. The molecule has 0 saturated carbocycles. The van der Waals surface area contributed by atoms with Gasteiger partial charge in [0.15, 0.2) is 0 Å². The zero-order chi connectivity index (χ0) is 18.0. The minimum absolute atomic E-state index is 0.0286. The van der Waals surface area contributed by atoms with E-state index in [1.54, 1.807) is 29.2 Å². The van der Waals surface area contributed by atoms with Crippen molar-refractivity contribution in [1.29, 1.82) is 0 Å². The molecule has 0 unspecified atom stereocenters.